The van der Waals surface area contributed by atoms with E-state index in [9.17, 15) is 10.2 Å². The Hall–Kier alpha value is -3.10. The molecule has 0 heterocycles. The molecule has 0 atom stereocenters. The fraction of sp³-hybridized carbons (Fsp3) is 0.364. The smallest absolute Gasteiger partial charge is 0.128 e. The van der Waals surface area contributed by atoms with Crippen LogP contribution in [0.5, 0.6) is 23.0 Å². The van der Waals surface area contributed by atoms with Gasteiger partial charge in [0, 0.05) is 34.7 Å². The van der Waals surface area contributed by atoms with Crippen molar-refractivity contribution in [1.29, 1.82) is 0 Å². The van der Waals surface area contributed by atoms with E-state index in [2.05, 4.69) is 9.98 Å². The first-order chi connectivity index (χ1) is 14.5. The molecule has 0 saturated carbocycles. The van der Waals surface area contributed by atoms with Gasteiger partial charge in [-0.15, -0.1) is 0 Å². The molecular formula is C22H28N2O6. The van der Waals surface area contributed by atoms with Crippen LogP contribution in [0.15, 0.2) is 46.4 Å². The normalized spacial score (nSPS) is 12.1. The van der Waals surface area contributed by atoms with Crippen LogP contribution in [0.4, 0.5) is 0 Å². The molecule has 0 bridgehead atoms. The van der Waals surface area contributed by atoms with Crippen molar-refractivity contribution in [3.05, 3.63) is 47.5 Å². The van der Waals surface area contributed by atoms with Crippen molar-refractivity contribution in [2.24, 2.45) is 9.98 Å². The van der Waals surface area contributed by atoms with E-state index >= 15 is 0 Å². The van der Waals surface area contributed by atoms with E-state index in [1.54, 1.807) is 38.1 Å². The molecule has 0 saturated heterocycles. The molecule has 8 nitrogen and oxygen atoms in total. The molecule has 0 aliphatic heterocycles. The Morgan fingerprint density at radius 3 is 1.47 bits per heavy atom. The van der Waals surface area contributed by atoms with Crippen LogP contribution in [0.25, 0.3) is 0 Å². The summed E-state index contributed by atoms with van der Waals surface area (Å²) in [6.07, 6.45) is 0. The first-order valence-electron chi connectivity index (χ1n) is 9.62. The third-order valence-corrected chi connectivity index (χ3v) is 4.24. The van der Waals surface area contributed by atoms with Gasteiger partial charge >= 0.3 is 0 Å². The van der Waals surface area contributed by atoms with Gasteiger partial charge in [-0.1, -0.05) is 0 Å². The Balaban J connectivity index is 1.96. The van der Waals surface area contributed by atoms with E-state index in [0.717, 1.165) is 0 Å². The lowest BCUT2D eigenvalue weighted by Crippen LogP contribution is -2.04. The average Bonchev–Trinajstić information content (AvgIpc) is 2.73. The maximum Gasteiger partial charge on any atom is 0.128 e. The monoisotopic (exact) mass is 416 g/mol. The zero-order chi connectivity index (χ0) is 21.9. The highest BCUT2D eigenvalue weighted by molar-refractivity contribution is 6.02. The Bertz CT molecular complexity index is 822. The lowest BCUT2D eigenvalue weighted by Gasteiger charge is -2.09. The third kappa shape index (κ3) is 6.75. The number of aliphatic imine (C=N–C) groups is 2. The van der Waals surface area contributed by atoms with Crippen molar-refractivity contribution in [3.8, 4) is 23.0 Å². The highest BCUT2D eigenvalue weighted by atomic mass is 16.5. The van der Waals surface area contributed by atoms with Crippen LogP contribution in [-0.2, 0) is 0 Å². The molecule has 4 N–H and O–H groups in total. The molecule has 162 valence electrons. The zero-order valence-electron chi connectivity index (χ0n) is 17.2. The minimum atomic E-state index is -0.0949. The van der Waals surface area contributed by atoms with Gasteiger partial charge in [-0.25, -0.2) is 0 Å². The molecule has 0 spiro atoms. The van der Waals surface area contributed by atoms with Gasteiger partial charge in [0.1, 0.15) is 36.2 Å². The standard InChI is InChI=1S/C22H28N2O6/c1-15(19-5-3-17(13-21(19)27)29-11-9-25)23-7-8-24-16(2)20-6-4-18(14-22(20)28)30-12-10-26/h3-6,13-14,25-28H,7-12H2,1-2H3. The lowest BCUT2D eigenvalue weighted by molar-refractivity contribution is 0.201. The van der Waals surface area contributed by atoms with Crippen LogP contribution < -0.4 is 9.47 Å². The van der Waals surface area contributed by atoms with E-state index in [1.165, 1.54) is 12.1 Å². The number of benzene rings is 2. The van der Waals surface area contributed by atoms with Crippen molar-refractivity contribution in [3.63, 3.8) is 0 Å². The summed E-state index contributed by atoms with van der Waals surface area (Å²) >= 11 is 0. The molecule has 0 radical (unpaired) electrons. The number of phenols is 2. The van der Waals surface area contributed by atoms with Crippen molar-refractivity contribution in [2.75, 3.05) is 39.5 Å². The van der Waals surface area contributed by atoms with E-state index in [4.69, 9.17) is 19.7 Å². The number of aromatic hydroxyl groups is 2. The number of rotatable bonds is 11. The van der Waals surface area contributed by atoms with Crippen molar-refractivity contribution >= 4 is 11.4 Å². The van der Waals surface area contributed by atoms with E-state index in [-0.39, 0.29) is 37.9 Å². The maximum absolute atomic E-state index is 10.2. The summed E-state index contributed by atoms with van der Waals surface area (Å²) in [6, 6.07) is 9.83. The van der Waals surface area contributed by atoms with Crippen LogP contribution in [0.2, 0.25) is 0 Å². The second-order valence-electron chi connectivity index (χ2n) is 6.44. The summed E-state index contributed by atoms with van der Waals surface area (Å²) in [5.41, 5.74) is 2.54. The van der Waals surface area contributed by atoms with Gasteiger partial charge < -0.3 is 29.9 Å². The Morgan fingerprint density at radius 2 is 1.13 bits per heavy atom. The molecule has 2 aromatic rings. The number of ether oxygens (including phenoxy) is 2. The molecule has 8 heteroatoms. The van der Waals surface area contributed by atoms with Crippen LogP contribution in [0.3, 0.4) is 0 Å². The summed E-state index contributed by atoms with van der Waals surface area (Å²) in [6.45, 7) is 4.58. The minimum absolute atomic E-state index is 0.0554. The topological polar surface area (TPSA) is 124 Å². The summed E-state index contributed by atoms with van der Waals surface area (Å²) in [5.74, 6) is 1.07. The van der Waals surface area contributed by atoms with Gasteiger partial charge in [-0.2, -0.15) is 0 Å². The summed E-state index contributed by atoms with van der Waals surface area (Å²) in [5, 5.41) is 37.9. The first kappa shape index (κ1) is 23.2. The second-order valence-corrected chi connectivity index (χ2v) is 6.44. The molecule has 0 aliphatic carbocycles. The summed E-state index contributed by atoms with van der Waals surface area (Å²) < 4.78 is 10.5. The summed E-state index contributed by atoms with van der Waals surface area (Å²) in [7, 11) is 0. The van der Waals surface area contributed by atoms with Gasteiger partial charge in [0.25, 0.3) is 0 Å². The van der Waals surface area contributed by atoms with E-state index < -0.39 is 0 Å². The number of phenolic OH excluding ortho intramolecular Hbond substituents is 2. The fourth-order valence-corrected chi connectivity index (χ4v) is 2.75. The zero-order valence-corrected chi connectivity index (χ0v) is 17.2. The maximum atomic E-state index is 10.2. The number of aliphatic hydroxyl groups excluding tert-OH is 2. The molecule has 30 heavy (non-hydrogen) atoms. The molecular weight excluding hydrogens is 388 g/mol. The Morgan fingerprint density at radius 1 is 0.733 bits per heavy atom. The van der Waals surface area contributed by atoms with Gasteiger partial charge in [0.05, 0.1) is 26.3 Å². The quantitative estimate of drug-likeness (QED) is 0.329. The molecule has 0 fully saturated rings. The number of hydrogen-bond acceptors (Lipinski definition) is 8. The number of aliphatic hydroxyl groups is 2. The van der Waals surface area contributed by atoms with Crippen molar-refractivity contribution < 1.29 is 29.9 Å². The Labute approximate surface area is 175 Å². The predicted octanol–water partition coefficient (Wildman–Crippen LogP) is 2.16. The van der Waals surface area contributed by atoms with Gasteiger partial charge in [0.15, 0.2) is 0 Å². The van der Waals surface area contributed by atoms with E-state index in [1.807, 2.05) is 0 Å². The molecule has 2 aromatic carbocycles. The molecule has 0 amide bonds. The summed E-state index contributed by atoms with van der Waals surface area (Å²) in [4.78, 5) is 8.89. The van der Waals surface area contributed by atoms with Gasteiger partial charge in [-0.3, -0.25) is 9.98 Å². The number of nitrogens with zero attached hydrogens (tertiary/aromatic N) is 2. The Kier molecular flexibility index (Phi) is 9.11. The molecule has 0 aliphatic rings. The van der Waals surface area contributed by atoms with Crippen LogP contribution in [0.1, 0.15) is 25.0 Å². The molecule has 2 rings (SSSR count). The van der Waals surface area contributed by atoms with Crippen LogP contribution in [-0.4, -0.2) is 71.4 Å². The highest BCUT2D eigenvalue weighted by Gasteiger charge is 2.08. The SMILES string of the molecule is CC(=NCCN=C(C)c1ccc(OCCO)cc1O)c1ccc(OCCO)cc1O. The highest BCUT2D eigenvalue weighted by Crippen LogP contribution is 2.25. The van der Waals surface area contributed by atoms with Crippen molar-refractivity contribution in [1.82, 2.24) is 0 Å². The predicted molar refractivity (Wildman–Crippen MR) is 116 cm³/mol. The molecule has 0 unspecified atom stereocenters. The third-order valence-electron chi connectivity index (χ3n) is 4.24. The number of hydrogen-bond donors (Lipinski definition) is 4. The van der Waals surface area contributed by atoms with Gasteiger partial charge in [0.2, 0.25) is 0 Å². The fourth-order valence-electron chi connectivity index (χ4n) is 2.75. The van der Waals surface area contributed by atoms with Crippen LogP contribution in [0, 0.1) is 0 Å². The van der Waals surface area contributed by atoms with Gasteiger partial charge in [-0.05, 0) is 38.1 Å². The lowest BCUT2D eigenvalue weighted by atomic mass is 10.1. The molecule has 0 aromatic heterocycles. The van der Waals surface area contributed by atoms with Crippen LogP contribution >= 0.6 is 0 Å². The second kappa shape index (κ2) is 11.8. The average molecular weight is 416 g/mol. The van der Waals surface area contributed by atoms with E-state index in [0.29, 0.717) is 47.1 Å². The van der Waals surface area contributed by atoms with Crippen molar-refractivity contribution in [2.45, 2.75) is 13.8 Å². The largest absolute Gasteiger partial charge is 0.507 e. The minimum Gasteiger partial charge on any atom is -0.507 e. The first-order valence-corrected chi connectivity index (χ1v) is 9.62.